The number of benzene rings is 1. The molecule has 2 aliphatic heterocycles. The first kappa shape index (κ1) is 30.7. The molecule has 43 heavy (non-hydrogen) atoms. The number of nitrogens with zero attached hydrogens (tertiary/aromatic N) is 5. The summed E-state index contributed by atoms with van der Waals surface area (Å²) in [6.45, 7) is 13.6. The van der Waals surface area contributed by atoms with Crippen molar-refractivity contribution in [1.82, 2.24) is 15.0 Å². The summed E-state index contributed by atoms with van der Waals surface area (Å²) in [4.78, 5) is 30.6. The van der Waals surface area contributed by atoms with Crippen LogP contribution in [0.15, 0.2) is 43.2 Å². The van der Waals surface area contributed by atoms with Crippen LogP contribution in [0.5, 0.6) is 0 Å². The SMILES string of the molecule is C=CC(=O)Nc1cc(N2C[C@H](CS(C)(=O)=O)[C@H]2C)c2cnc(Nc3ccnc(N4CCC(C)(O)CC4)n3)cc2c1C(C)C. The van der Waals surface area contributed by atoms with E-state index in [1.807, 2.05) is 32.2 Å². The van der Waals surface area contributed by atoms with Crippen LogP contribution in [-0.2, 0) is 14.6 Å². The number of sulfone groups is 1. The summed E-state index contributed by atoms with van der Waals surface area (Å²) in [5.41, 5.74) is 1.87. The number of hydrogen-bond acceptors (Lipinski definition) is 10. The van der Waals surface area contributed by atoms with Gasteiger partial charge in [-0.1, -0.05) is 20.4 Å². The Kier molecular flexibility index (Phi) is 8.36. The zero-order valence-electron chi connectivity index (χ0n) is 25.5. The van der Waals surface area contributed by atoms with Crippen LogP contribution in [0.2, 0.25) is 0 Å². The lowest BCUT2D eigenvalue weighted by molar-refractivity contribution is -0.111. The predicted octanol–water partition coefficient (Wildman–Crippen LogP) is 4.24. The highest BCUT2D eigenvalue weighted by atomic mass is 32.2. The summed E-state index contributed by atoms with van der Waals surface area (Å²) in [6.07, 6.45) is 7.35. The number of amides is 1. The number of carbonyl (C=O) groups is 1. The molecule has 0 aliphatic carbocycles. The maximum atomic E-state index is 12.5. The van der Waals surface area contributed by atoms with Crippen LogP contribution in [-0.4, -0.2) is 77.7 Å². The summed E-state index contributed by atoms with van der Waals surface area (Å²) >= 11 is 0. The lowest BCUT2D eigenvalue weighted by Crippen LogP contribution is -2.57. The fourth-order valence-electron chi connectivity index (χ4n) is 6.01. The van der Waals surface area contributed by atoms with E-state index in [0.717, 1.165) is 22.0 Å². The van der Waals surface area contributed by atoms with E-state index >= 15 is 0 Å². The normalized spacial score (nSPS) is 20.2. The molecule has 0 spiro atoms. The van der Waals surface area contributed by atoms with Gasteiger partial charge in [-0.3, -0.25) is 4.79 Å². The van der Waals surface area contributed by atoms with Crippen LogP contribution in [0.25, 0.3) is 10.8 Å². The van der Waals surface area contributed by atoms with Crippen molar-refractivity contribution in [1.29, 1.82) is 0 Å². The summed E-state index contributed by atoms with van der Waals surface area (Å²) in [7, 11) is -3.10. The molecule has 2 aliphatic rings. The highest BCUT2D eigenvalue weighted by Crippen LogP contribution is 2.43. The second-order valence-corrected chi connectivity index (χ2v) is 14.6. The van der Waals surface area contributed by atoms with Crippen molar-refractivity contribution in [2.24, 2.45) is 5.92 Å². The molecule has 1 aromatic carbocycles. The quantitative estimate of drug-likeness (QED) is 0.303. The Morgan fingerprint density at radius 1 is 1.21 bits per heavy atom. The number of pyridine rings is 1. The summed E-state index contributed by atoms with van der Waals surface area (Å²) < 4.78 is 23.9. The molecule has 2 atom stereocenters. The lowest BCUT2D eigenvalue weighted by Gasteiger charge is -2.48. The molecule has 0 unspecified atom stereocenters. The van der Waals surface area contributed by atoms with Crippen molar-refractivity contribution in [3.05, 3.63) is 48.8 Å². The lowest BCUT2D eigenvalue weighted by atomic mass is 9.88. The van der Waals surface area contributed by atoms with Crippen LogP contribution < -0.4 is 20.4 Å². The number of hydrogen-bond donors (Lipinski definition) is 3. The zero-order chi connectivity index (χ0) is 31.1. The minimum absolute atomic E-state index is 0.00140. The third-order valence-electron chi connectivity index (χ3n) is 8.52. The average Bonchev–Trinajstić information content (AvgIpc) is 2.93. The molecule has 12 heteroatoms. The predicted molar refractivity (Wildman–Crippen MR) is 172 cm³/mol. The Bertz CT molecular complexity index is 1650. The Morgan fingerprint density at radius 3 is 2.56 bits per heavy atom. The van der Waals surface area contributed by atoms with Gasteiger partial charge in [0, 0.05) is 67.0 Å². The van der Waals surface area contributed by atoms with Crippen molar-refractivity contribution in [3.8, 4) is 0 Å². The molecule has 0 bridgehead atoms. The Hall–Kier alpha value is -3.77. The van der Waals surface area contributed by atoms with Crippen LogP contribution in [0.4, 0.5) is 29.0 Å². The van der Waals surface area contributed by atoms with E-state index in [9.17, 15) is 18.3 Å². The fourth-order valence-corrected chi connectivity index (χ4v) is 7.17. The average molecular weight is 608 g/mol. The molecule has 2 aromatic heterocycles. The second kappa shape index (κ2) is 11.7. The van der Waals surface area contributed by atoms with Gasteiger partial charge in [-0.15, -0.1) is 0 Å². The number of aliphatic hydroxyl groups is 1. The van der Waals surface area contributed by atoms with Crippen molar-refractivity contribution in [3.63, 3.8) is 0 Å². The van der Waals surface area contributed by atoms with E-state index in [1.54, 1.807) is 12.3 Å². The van der Waals surface area contributed by atoms with E-state index in [2.05, 4.69) is 45.8 Å². The summed E-state index contributed by atoms with van der Waals surface area (Å²) in [5.74, 6) is 1.70. The van der Waals surface area contributed by atoms with Crippen LogP contribution in [0, 0.1) is 5.92 Å². The first-order valence-corrected chi connectivity index (χ1v) is 16.7. The second-order valence-electron chi connectivity index (χ2n) is 12.4. The molecule has 3 N–H and O–H groups in total. The maximum Gasteiger partial charge on any atom is 0.247 e. The number of anilines is 5. The molecule has 5 rings (SSSR count). The van der Waals surface area contributed by atoms with Crippen LogP contribution in [0.3, 0.4) is 0 Å². The van der Waals surface area contributed by atoms with Gasteiger partial charge in [-0.05, 0) is 67.8 Å². The van der Waals surface area contributed by atoms with E-state index in [4.69, 9.17) is 9.97 Å². The maximum absolute atomic E-state index is 12.5. The zero-order valence-corrected chi connectivity index (χ0v) is 26.3. The molecule has 2 fully saturated rings. The Labute approximate surface area is 253 Å². The third kappa shape index (κ3) is 6.75. The number of carbonyl (C=O) groups excluding carboxylic acids is 1. The Morgan fingerprint density at radius 2 is 1.93 bits per heavy atom. The number of nitrogens with one attached hydrogen (secondary N) is 2. The first-order chi connectivity index (χ1) is 20.2. The van der Waals surface area contributed by atoms with Crippen molar-refractivity contribution in [2.75, 3.05) is 52.1 Å². The highest BCUT2D eigenvalue weighted by Gasteiger charge is 2.38. The van der Waals surface area contributed by atoms with Gasteiger partial charge < -0.3 is 25.5 Å². The minimum Gasteiger partial charge on any atom is -0.390 e. The van der Waals surface area contributed by atoms with Crippen molar-refractivity contribution < 1.29 is 18.3 Å². The molecule has 0 saturated carbocycles. The number of piperidine rings is 1. The van der Waals surface area contributed by atoms with E-state index in [1.165, 1.54) is 12.3 Å². The minimum atomic E-state index is -3.10. The number of fused-ring (bicyclic) bond motifs is 1. The van der Waals surface area contributed by atoms with Gasteiger partial charge in [0.1, 0.15) is 21.5 Å². The van der Waals surface area contributed by atoms with E-state index in [-0.39, 0.29) is 29.5 Å². The van der Waals surface area contributed by atoms with Gasteiger partial charge >= 0.3 is 0 Å². The monoisotopic (exact) mass is 607 g/mol. The smallest absolute Gasteiger partial charge is 0.247 e. The van der Waals surface area contributed by atoms with E-state index < -0.39 is 15.4 Å². The van der Waals surface area contributed by atoms with Crippen molar-refractivity contribution >= 4 is 55.5 Å². The topological polar surface area (TPSA) is 141 Å². The Balaban J connectivity index is 1.51. The summed E-state index contributed by atoms with van der Waals surface area (Å²) in [5, 5.41) is 18.5. The molecule has 4 heterocycles. The van der Waals surface area contributed by atoms with Gasteiger partial charge in [0.15, 0.2) is 0 Å². The van der Waals surface area contributed by atoms with Gasteiger partial charge in [-0.25, -0.2) is 18.4 Å². The van der Waals surface area contributed by atoms with Gasteiger partial charge in [0.25, 0.3) is 0 Å². The van der Waals surface area contributed by atoms with Crippen LogP contribution >= 0.6 is 0 Å². The molecule has 230 valence electrons. The van der Waals surface area contributed by atoms with Gasteiger partial charge in [0.05, 0.1) is 11.4 Å². The molecule has 3 aromatic rings. The van der Waals surface area contributed by atoms with E-state index in [0.29, 0.717) is 55.7 Å². The largest absolute Gasteiger partial charge is 0.390 e. The third-order valence-corrected chi connectivity index (χ3v) is 9.55. The van der Waals surface area contributed by atoms with Crippen molar-refractivity contribution in [2.45, 2.75) is 58.1 Å². The van der Waals surface area contributed by atoms with Gasteiger partial charge in [0.2, 0.25) is 11.9 Å². The standard InChI is InChI=1S/C31H41N7O4S/c1-7-28(39)34-24-15-25(38-17-21(20(38)4)18-43(6,41)42)23-16-33-27(14-22(23)29(24)19(2)3)35-26-8-11-32-30(36-26)37-12-9-31(5,40)10-13-37/h7-8,11,14-16,19-21,40H,1,9-10,12-13,17-18H2,2-6H3,(H,34,39)(H,32,33,35,36)/t20-,21-/m1/s1. The van der Waals surface area contributed by atoms with Gasteiger partial charge in [-0.2, -0.15) is 4.98 Å². The first-order valence-electron chi connectivity index (χ1n) is 14.7. The fraction of sp³-hybridized carbons (Fsp3) is 0.484. The van der Waals surface area contributed by atoms with Crippen LogP contribution in [0.1, 0.15) is 52.0 Å². The molecule has 0 radical (unpaired) electrons. The molecule has 1 amide bonds. The number of rotatable bonds is 9. The molecule has 2 saturated heterocycles. The number of aromatic nitrogens is 3. The summed E-state index contributed by atoms with van der Waals surface area (Å²) in [6, 6.07) is 5.72. The highest BCUT2D eigenvalue weighted by molar-refractivity contribution is 7.90. The molecular formula is C31H41N7O4S. The molecular weight excluding hydrogens is 566 g/mol. The molecule has 11 nitrogen and oxygen atoms in total.